The lowest BCUT2D eigenvalue weighted by Crippen LogP contribution is -2.22. The van der Waals surface area contributed by atoms with Crippen LogP contribution in [0.15, 0.2) is 23.1 Å². The molecule has 1 aliphatic heterocycles. The van der Waals surface area contributed by atoms with Gasteiger partial charge in [0.25, 0.3) is 0 Å². The van der Waals surface area contributed by atoms with Crippen LogP contribution in [0.3, 0.4) is 0 Å². The van der Waals surface area contributed by atoms with E-state index >= 15 is 0 Å². The van der Waals surface area contributed by atoms with Crippen LogP contribution in [-0.4, -0.2) is 17.4 Å². The summed E-state index contributed by atoms with van der Waals surface area (Å²) >= 11 is 5.97. The number of carbonyl (C=O) groups excluding carboxylic acids is 1. The van der Waals surface area contributed by atoms with Gasteiger partial charge in [0.05, 0.1) is 0 Å². The van der Waals surface area contributed by atoms with Crippen LogP contribution in [0.2, 0.25) is 0 Å². The molecule has 1 amide bonds. The Morgan fingerprint density at radius 3 is 3.18 bits per heavy atom. The van der Waals surface area contributed by atoms with Crippen LogP contribution in [0.25, 0.3) is 0 Å². The maximum absolute atomic E-state index is 11.3. The van der Waals surface area contributed by atoms with Crippen LogP contribution in [0.5, 0.6) is 0 Å². The molecule has 0 radical (unpaired) electrons. The molecule has 17 heavy (non-hydrogen) atoms. The Kier molecular flexibility index (Phi) is 4.80. The van der Waals surface area contributed by atoms with Crippen LogP contribution < -0.4 is 5.32 Å². The normalized spacial score (nSPS) is 14.2. The summed E-state index contributed by atoms with van der Waals surface area (Å²) in [5.74, 6) is 1.91. The third-order valence-electron chi connectivity index (χ3n) is 2.80. The number of thioether (sulfide) groups is 1. The van der Waals surface area contributed by atoms with Crippen LogP contribution in [0.4, 0.5) is 0 Å². The second-order valence-corrected chi connectivity index (χ2v) is 5.73. The third kappa shape index (κ3) is 3.68. The molecule has 1 heterocycles. The minimum absolute atomic E-state index is 0.0760. The zero-order chi connectivity index (χ0) is 12.1. The van der Waals surface area contributed by atoms with Crippen molar-refractivity contribution in [1.82, 2.24) is 5.32 Å². The largest absolute Gasteiger partial charge is 0.352 e. The van der Waals surface area contributed by atoms with Crippen molar-refractivity contribution in [3.63, 3.8) is 0 Å². The van der Waals surface area contributed by atoms with Gasteiger partial charge in [0, 0.05) is 17.9 Å². The SMILES string of the molecule is O=C(CCS)NCc1ccc2c(c1)CCCS2. The highest BCUT2D eigenvalue weighted by Gasteiger charge is 2.10. The number of thiol groups is 1. The van der Waals surface area contributed by atoms with Crippen molar-refractivity contribution < 1.29 is 4.79 Å². The first-order valence-electron chi connectivity index (χ1n) is 5.92. The van der Waals surface area contributed by atoms with E-state index in [0.717, 1.165) is 0 Å². The molecule has 0 saturated carbocycles. The number of rotatable bonds is 4. The molecule has 0 saturated heterocycles. The highest BCUT2D eigenvalue weighted by Crippen LogP contribution is 2.30. The smallest absolute Gasteiger partial charge is 0.221 e. The van der Waals surface area contributed by atoms with Crippen molar-refractivity contribution in [2.75, 3.05) is 11.5 Å². The number of carbonyl (C=O) groups is 1. The predicted octanol–water partition coefficient (Wildman–Crippen LogP) is 2.66. The third-order valence-corrected chi connectivity index (χ3v) is 4.23. The molecule has 92 valence electrons. The Morgan fingerprint density at radius 2 is 2.35 bits per heavy atom. The van der Waals surface area contributed by atoms with E-state index in [4.69, 9.17) is 0 Å². The van der Waals surface area contributed by atoms with Gasteiger partial charge in [-0.2, -0.15) is 12.6 Å². The lowest BCUT2D eigenvalue weighted by molar-refractivity contribution is -0.120. The first-order valence-corrected chi connectivity index (χ1v) is 7.53. The number of hydrogen-bond acceptors (Lipinski definition) is 3. The Labute approximate surface area is 112 Å². The lowest BCUT2D eigenvalue weighted by atomic mass is 10.1. The molecule has 0 aromatic heterocycles. The summed E-state index contributed by atoms with van der Waals surface area (Å²) in [6, 6.07) is 6.51. The molecule has 2 nitrogen and oxygen atoms in total. The summed E-state index contributed by atoms with van der Waals surface area (Å²) < 4.78 is 0. The first kappa shape index (κ1) is 12.8. The monoisotopic (exact) mass is 267 g/mol. The van der Waals surface area contributed by atoms with Crippen molar-refractivity contribution in [3.05, 3.63) is 29.3 Å². The highest BCUT2D eigenvalue weighted by molar-refractivity contribution is 7.99. The van der Waals surface area contributed by atoms with Gasteiger partial charge in [0.15, 0.2) is 0 Å². The Balaban J connectivity index is 1.95. The van der Waals surface area contributed by atoms with E-state index in [0.29, 0.717) is 18.7 Å². The van der Waals surface area contributed by atoms with Gasteiger partial charge in [-0.1, -0.05) is 12.1 Å². The molecular weight excluding hydrogens is 250 g/mol. The number of hydrogen-bond donors (Lipinski definition) is 2. The molecule has 1 aromatic rings. The summed E-state index contributed by atoms with van der Waals surface area (Å²) in [7, 11) is 0. The molecule has 0 atom stereocenters. The summed E-state index contributed by atoms with van der Waals surface area (Å²) in [5.41, 5.74) is 2.63. The molecular formula is C13H17NOS2. The van der Waals surface area contributed by atoms with E-state index in [2.05, 4.69) is 36.1 Å². The molecule has 0 aliphatic carbocycles. The maximum atomic E-state index is 11.3. The van der Waals surface area contributed by atoms with E-state index in [1.165, 1.54) is 34.6 Å². The lowest BCUT2D eigenvalue weighted by Gasteiger charge is -2.16. The van der Waals surface area contributed by atoms with Crippen molar-refractivity contribution in [3.8, 4) is 0 Å². The second-order valence-electron chi connectivity index (χ2n) is 4.14. The summed E-state index contributed by atoms with van der Waals surface area (Å²) in [6.45, 7) is 0.630. The Morgan fingerprint density at radius 1 is 1.47 bits per heavy atom. The zero-order valence-corrected chi connectivity index (χ0v) is 11.4. The average Bonchev–Trinajstić information content (AvgIpc) is 2.36. The number of amides is 1. The van der Waals surface area contributed by atoms with Gasteiger partial charge in [-0.05, 0) is 41.5 Å². The molecule has 0 fully saturated rings. The summed E-state index contributed by atoms with van der Waals surface area (Å²) in [5, 5.41) is 2.91. The number of nitrogens with one attached hydrogen (secondary N) is 1. The van der Waals surface area contributed by atoms with E-state index in [-0.39, 0.29) is 5.91 Å². The van der Waals surface area contributed by atoms with Crippen molar-refractivity contribution in [2.45, 2.75) is 30.7 Å². The number of aryl methyl sites for hydroxylation is 1. The number of fused-ring (bicyclic) bond motifs is 1. The van der Waals surface area contributed by atoms with Gasteiger partial charge in [-0.15, -0.1) is 11.8 Å². The average molecular weight is 267 g/mol. The Bertz CT molecular complexity index is 406. The van der Waals surface area contributed by atoms with E-state index in [1.807, 2.05) is 11.8 Å². The Hall–Kier alpha value is -0.610. The van der Waals surface area contributed by atoms with Crippen molar-refractivity contribution in [1.29, 1.82) is 0 Å². The molecule has 0 spiro atoms. The predicted molar refractivity (Wildman–Crippen MR) is 75.8 cm³/mol. The fourth-order valence-electron chi connectivity index (χ4n) is 1.91. The van der Waals surface area contributed by atoms with Gasteiger partial charge in [0.1, 0.15) is 0 Å². The molecule has 1 aromatic carbocycles. The summed E-state index contributed by atoms with van der Waals surface area (Å²) in [4.78, 5) is 12.7. The van der Waals surface area contributed by atoms with E-state index < -0.39 is 0 Å². The number of benzene rings is 1. The van der Waals surface area contributed by atoms with Gasteiger partial charge >= 0.3 is 0 Å². The van der Waals surface area contributed by atoms with Crippen LogP contribution >= 0.6 is 24.4 Å². The molecule has 4 heteroatoms. The molecule has 0 bridgehead atoms. The minimum Gasteiger partial charge on any atom is -0.352 e. The second kappa shape index (κ2) is 6.36. The zero-order valence-electron chi connectivity index (χ0n) is 9.74. The quantitative estimate of drug-likeness (QED) is 0.821. The fourth-order valence-corrected chi connectivity index (χ4v) is 3.14. The molecule has 2 rings (SSSR count). The molecule has 1 N–H and O–H groups in total. The standard InChI is InChI=1S/C13H17NOS2/c15-13(5-6-16)14-9-10-3-4-12-11(8-10)2-1-7-17-12/h3-4,8,16H,1-2,5-7,9H2,(H,14,15). The van der Waals surface area contributed by atoms with Crippen molar-refractivity contribution in [2.24, 2.45) is 0 Å². The minimum atomic E-state index is 0.0760. The van der Waals surface area contributed by atoms with Crippen molar-refractivity contribution >= 4 is 30.3 Å². The highest BCUT2D eigenvalue weighted by atomic mass is 32.2. The molecule has 1 aliphatic rings. The van der Waals surface area contributed by atoms with Gasteiger partial charge < -0.3 is 5.32 Å². The fraction of sp³-hybridized carbons (Fsp3) is 0.462. The van der Waals surface area contributed by atoms with E-state index in [9.17, 15) is 4.79 Å². The van der Waals surface area contributed by atoms with Gasteiger partial charge in [-0.3, -0.25) is 4.79 Å². The molecule has 0 unspecified atom stereocenters. The topological polar surface area (TPSA) is 29.1 Å². The van der Waals surface area contributed by atoms with Gasteiger partial charge in [-0.25, -0.2) is 0 Å². The van der Waals surface area contributed by atoms with E-state index in [1.54, 1.807) is 0 Å². The first-order chi connectivity index (χ1) is 8.29. The summed E-state index contributed by atoms with van der Waals surface area (Å²) in [6.07, 6.45) is 2.91. The van der Waals surface area contributed by atoms with Crippen LogP contribution in [-0.2, 0) is 17.8 Å². The maximum Gasteiger partial charge on any atom is 0.221 e. The van der Waals surface area contributed by atoms with Crippen LogP contribution in [0.1, 0.15) is 24.0 Å². The van der Waals surface area contributed by atoms with Crippen LogP contribution in [0, 0.1) is 0 Å². The van der Waals surface area contributed by atoms with Gasteiger partial charge in [0.2, 0.25) is 5.91 Å².